The number of hydrogen-bond acceptors (Lipinski definition) is 2. The molecule has 0 atom stereocenters. The minimum atomic E-state index is -0.170. The molecule has 0 heterocycles. The van der Waals surface area contributed by atoms with Crippen LogP contribution in [0.15, 0.2) is 24.3 Å². The fourth-order valence-electron chi connectivity index (χ4n) is 2.20. The van der Waals surface area contributed by atoms with Crippen molar-refractivity contribution in [2.24, 2.45) is 0 Å². The van der Waals surface area contributed by atoms with Gasteiger partial charge in [0.05, 0.1) is 13.5 Å². The summed E-state index contributed by atoms with van der Waals surface area (Å²) in [6.45, 7) is 2.27. The Labute approximate surface area is 131 Å². The molecule has 0 aliphatic carbocycles. The number of hydrogen-bond donors (Lipinski definition) is 0. The van der Waals surface area contributed by atoms with Gasteiger partial charge in [-0.1, -0.05) is 76.2 Å². The number of rotatable bonds is 14. The second-order valence-corrected chi connectivity index (χ2v) is 5.56. The zero-order chi connectivity index (χ0) is 15.6. The molecule has 0 spiro atoms. The van der Waals surface area contributed by atoms with E-state index in [1.54, 1.807) is 0 Å². The van der Waals surface area contributed by atoms with Gasteiger partial charge < -0.3 is 4.74 Å². The van der Waals surface area contributed by atoms with E-state index in [-0.39, 0.29) is 5.97 Å². The lowest BCUT2D eigenvalue weighted by Crippen LogP contribution is -1.96. The molecule has 2 nitrogen and oxygen atoms in total. The normalized spacial score (nSPS) is 11.5. The molecule has 0 saturated heterocycles. The van der Waals surface area contributed by atoms with Crippen molar-refractivity contribution in [3.05, 3.63) is 24.3 Å². The Morgan fingerprint density at radius 2 is 1.29 bits per heavy atom. The molecule has 0 aromatic heterocycles. The zero-order valence-electron chi connectivity index (χ0n) is 14.1. The number of unbranched alkanes of at least 4 members (excludes halogenated alkanes) is 9. The van der Waals surface area contributed by atoms with E-state index >= 15 is 0 Å². The largest absolute Gasteiger partial charge is 0.469 e. The van der Waals surface area contributed by atoms with Crippen LogP contribution in [0.25, 0.3) is 0 Å². The van der Waals surface area contributed by atoms with Crippen LogP contribution in [-0.4, -0.2) is 13.1 Å². The summed E-state index contributed by atoms with van der Waals surface area (Å²) in [6.07, 6.45) is 23.2. The second-order valence-electron chi connectivity index (χ2n) is 5.56. The predicted molar refractivity (Wildman–Crippen MR) is 91.4 cm³/mol. The highest BCUT2D eigenvalue weighted by atomic mass is 16.5. The molecule has 0 radical (unpaired) electrons. The first-order valence-corrected chi connectivity index (χ1v) is 8.68. The lowest BCUT2D eigenvalue weighted by Gasteiger charge is -1.99. The van der Waals surface area contributed by atoms with Gasteiger partial charge in [0.15, 0.2) is 0 Å². The van der Waals surface area contributed by atoms with Crippen molar-refractivity contribution >= 4 is 5.97 Å². The maximum Gasteiger partial charge on any atom is 0.309 e. The highest BCUT2D eigenvalue weighted by Gasteiger charge is 1.92. The molecule has 0 aliphatic heterocycles. The van der Waals surface area contributed by atoms with Crippen molar-refractivity contribution in [2.75, 3.05) is 7.11 Å². The number of ether oxygens (including phenoxy) is 1. The van der Waals surface area contributed by atoms with E-state index in [0.717, 1.165) is 12.8 Å². The topological polar surface area (TPSA) is 26.3 Å². The Kier molecular flexibility index (Phi) is 16.2. The Balaban J connectivity index is 3.20. The summed E-state index contributed by atoms with van der Waals surface area (Å²) >= 11 is 0. The lowest BCUT2D eigenvalue weighted by molar-refractivity contribution is -0.139. The van der Waals surface area contributed by atoms with Crippen molar-refractivity contribution in [3.8, 4) is 0 Å². The quantitative estimate of drug-likeness (QED) is 0.224. The predicted octanol–water partition coefficient (Wildman–Crippen LogP) is 5.97. The second kappa shape index (κ2) is 17.0. The van der Waals surface area contributed by atoms with Gasteiger partial charge in [0, 0.05) is 0 Å². The fourth-order valence-corrected chi connectivity index (χ4v) is 2.20. The van der Waals surface area contributed by atoms with E-state index in [9.17, 15) is 4.79 Å². The van der Waals surface area contributed by atoms with E-state index in [0.29, 0.717) is 6.42 Å². The van der Waals surface area contributed by atoms with Crippen LogP contribution in [0.2, 0.25) is 0 Å². The maximum atomic E-state index is 10.9. The van der Waals surface area contributed by atoms with Crippen LogP contribution in [0.5, 0.6) is 0 Å². The number of esters is 1. The first kappa shape index (κ1) is 19.9. The first-order valence-electron chi connectivity index (χ1n) is 8.68. The van der Waals surface area contributed by atoms with Crippen LogP contribution in [0.1, 0.15) is 84.0 Å². The number of methoxy groups -OCH3 is 1. The lowest BCUT2D eigenvalue weighted by atomic mass is 10.1. The van der Waals surface area contributed by atoms with Gasteiger partial charge in [-0.2, -0.15) is 0 Å². The molecular formula is C19H34O2. The summed E-state index contributed by atoms with van der Waals surface area (Å²) in [5.41, 5.74) is 0. The average Bonchev–Trinajstić information content (AvgIpc) is 2.50. The van der Waals surface area contributed by atoms with Crippen molar-refractivity contribution in [3.63, 3.8) is 0 Å². The van der Waals surface area contributed by atoms with Gasteiger partial charge in [0.2, 0.25) is 0 Å². The van der Waals surface area contributed by atoms with Gasteiger partial charge in [0.1, 0.15) is 0 Å². The zero-order valence-corrected chi connectivity index (χ0v) is 14.1. The molecule has 0 N–H and O–H groups in total. The SMILES string of the molecule is CCCCCCCCCCC=CCCC=CCC(=O)OC. The van der Waals surface area contributed by atoms with E-state index in [1.165, 1.54) is 64.9 Å². The third-order valence-electron chi connectivity index (χ3n) is 3.57. The molecule has 0 saturated carbocycles. The molecule has 0 amide bonds. The third-order valence-corrected chi connectivity index (χ3v) is 3.57. The van der Waals surface area contributed by atoms with Crippen LogP contribution in [0, 0.1) is 0 Å². The minimum Gasteiger partial charge on any atom is -0.469 e. The summed E-state index contributed by atoms with van der Waals surface area (Å²) in [4.78, 5) is 10.9. The highest BCUT2D eigenvalue weighted by molar-refractivity contribution is 5.70. The molecule has 0 aliphatic rings. The van der Waals surface area contributed by atoms with Crippen LogP contribution >= 0.6 is 0 Å². The first-order chi connectivity index (χ1) is 10.3. The fraction of sp³-hybridized carbons (Fsp3) is 0.737. The molecule has 0 aromatic rings. The Bertz CT molecular complexity index is 279. The molecule has 122 valence electrons. The van der Waals surface area contributed by atoms with E-state index < -0.39 is 0 Å². The van der Waals surface area contributed by atoms with Gasteiger partial charge in [0.25, 0.3) is 0 Å². The molecule has 0 unspecified atom stereocenters. The maximum absolute atomic E-state index is 10.9. The summed E-state index contributed by atoms with van der Waals surface area (Å²) in [6, 6.07) is 0. The number of carbonyl (C=O) groups is 1. The van der Waals surface area contributed by atoms with Gasteiger partial charge in [-0.3, -0.25) is 4.79 Å². The summed E-state index contributed by atoms with van der Waals surface area (Å²) in [7, 11) is 1.42. The van der Waals surface area contributed by atoms with Gasteiger partial charge in [-0.15, -0.1) is 0 Å². The van der Waals surface area contributed by atoms with Gasteiger partial charge in [-0.25, -0.2) is 0 Å². The number of allylic oxidation sites excluding steroid dienone is 3. The van der Waals surface area contributed by atoms with Crippen molar-refractivity contribution in [1.82, 2.24) is 0 Å². The molecule has 0 rings (SSSR count). The van der Waals surface area contributed by atoms with Gasteiger partial charge >= 0.3 is 5.97 Å². The Morgan fingerprint density at radius 3 is 1.90 bits per heavy atom. The average molecular weight is 294 g/mol. The molecule has 0 bridgehead atoms. The van der Waals surface area contributed by atoms with Crippen LogP contribution in [-0.2, 0) is 9.53 Å². The van der Waals surface area contributed by atoms with Crippen molar-refractivity contribution < 1.29 is 9.53 Å². The van der Waals surface area contributed by atoms with Crippen LogP contribution < -0.4 is 0 Å². The molecule has 0 fully saturated rings. The number of carbonyl (C=O) groups excluding carboxylic acids is 1. The van der Waals surface area contributed by atoms with E-state index in [1.807, 2.05) is 6.08 Å². The summed E-state index contributed by atoms with van der Waals surface area (Å²) in [5, 5.41) is 0. The Hall–Kier alpha value is -1.05. The van der Waals surface area contributed by atoms with E-state index in [2.05, 4.69) is 29.9 Å². The highest BCUT2D eigenvalue weighted by Crippen LogP contribution is 2.09. The third kappa shape index (κ3) is 16.9. The minimum absolute atomic E-state index is 0.170. The van der Waals surface area contributed by atoms with Crippen LogP contribution in [0.3, 0.4) is 0 Å². The van der Waals surface area contributed by atoms with Crippen LogP contribution in [0.4, 0.5) is 0 Å². The monoisotopic (exact) mass is 294 g/mol. The Morgan fingerprint density at radius 1 is 0.762 bits per heavy atom. The van der Waals surface area contributed by atoms with Crippen molar-refractivity contribution in [2.45, 2.75) is 84.0 Å². The van der Waals surface area contributed by atoms with Gasteiger partial charge in [-0.05, 0) is 25.7 Å². The molecule has 0 aromatic carbocycles. The molecule has 2 heteroatoms. The summed E-state index contributed by atoms with van der Waals surface area (Å²) in [5.74, 6) is -0.170. The standard InChI is InChI=1S/C19H34O2/c1-3-4-5-6-7-8-9-10-11-12-13-14-15-16-17-18-19(20)21-2/h12-13,16-17H,3-11,14-15,18H2,1-2H3. The molecule has 21 heavy (non-hydrogen) atoms. The molecular weight excluding hydrogens is 260 g/mol. The van der Waals surface area contributed by atoms with E-state index in [4.69, 9.17) is 0 Å². The van der Waals surface area contributed by atoms with Crippen molar-refractivity contribution in [1.29, 1.82) is 0 Å². The smallest absolute Gasteiger partial charge is 0.309 e. The summed E-state index contributed by atoms with van der Waals surface area (Å²) < 4.78 is 4.57.